The van der Waals surface area contributed by atoms with Gasteiger partial charge in [-0.3, -0.25) is 4.79 Å². The van der Waals surface area contributed by atoms with Crippen LogP contribution in [0.3, 0.4) is 0 Å². The number of halogens is 3. The Morgan fingerprint density at radius 1 is 1.17 bits per heavy atom. The van der Waals surface area contributed by atoms with Crippen molar-refractivity contribution in [1.82, 2.24) is 5.32 Å². The SMILES string of the molecule is O=C(NC1CC1)[C@H](Oc1ccc(Br)cc1Br)c1ccc(F)cc1. The molecule has 23 heavy (non-hydrogen) atoms. The summed E-state index contributed by atoms with van der Waals surface area (Å²) in [4.78, 5) is 12.5. The summed E-state index contributed by atoms with van der Waals surface area (Å²) < 4.78 is 20.7. The molecule has 1 aliphatic carbocycles. The summed E-state index contributed by atoms with van der Waals surface area (Å²) in [5.41, 5.74) is 0.611. The highest BCUT2D eigenvalue weighted by Crippen LogP contribution is 2.32. The molecular formula is C17H14Br2FNO2. The summed E-state index contributed by atoms with van der Waals surface area (Å²) in [7, 11) is 0. The van der Waals surface area contributed by atoms with Crippen LogP contribution < -0.4 is 10.1 Å². The van der Waals surface area contributed by atoms with Gasteiger partial charge in [0.25, 0.3) is 5.91 Å². The summed E-state index contributed by atoms with van der Waals surface area (Å²) in [5, 5.41) is 2.94. The first-order valence-corrected chi connectivity index (χ1v) is 8.79. The maximum Gasteiger partial charge on any atom is 0.266 e. The molecule has 1 N–H and O–H groups in total. The molecule has 1 atom stereocenters. The van der Waals surface area contributed by atoms with Crippen molar-refractivity contribution in [2.75, 3.05) is 0 Å². The minimum Gasteiger partial charge on any atom is -0.475 e. The van der Waals surface area contributed by atoms with Crippen LogP contribution in [0.25, 0.3) is 0 Å². The summed E-state index contributed by atoms with van der Waals surface area (Å²) in [6.45, 7) is 0. The fourth-order valence-electron chi connectivity index (χ4n) is 2.11. The van der Waals surface area contributed by atoms with E-state index in [0.717, 1.165) is 21.8 Å². The smallest absolute Gasteiger partial charge is 0.266 e. The second-order valence-corrected chi connectivity index (χ2v) is 7.18. The molecule has 2 aromatic rings. The number of rotatable bonds is 5. The molecular weight excluding hydrogens is 429 g/mol. The van der Waals surface area contributed by atoms with E-state index < -0.39 is 6.10 Å². The quantitative estimate of drug-likeness (QED) is 0.725. The van der Waals surface area contributed by atoms with Gasteiger partial charge in [0.05, 0.1) is 4.47 Å². The lowest BCUT2D eigenvalue weighted by Crippen LogP contribution is -2.33. The molecule has 120 valence electrons. The van der Waals surface area contributed by atoms with E-state index in [-0.39, 0.29) is 17.8 Å². The number of nitrogens with one attached hydrogen (secondary N) is 1. The Kier molecular flexibility index (Phi) is 5.02. The molecule has 1 amide bonds. The summed E-state index contributed by atoms with van der Waals surface area (Å²) >= 11 is 6.80. The monoisotopic (exact) mass is 441 g/mol. The molecule has 1 saturated carbocycles. The predicted molar refractivity (Wildman–Crippen MR) is 92.8 cm³/mol. The third-order valence-corrected chi connectivity index (χ3v) is 4.59. The van der Waals surface area contributed by atoms with E-state index in [1.807, 2.05) is 12.1 Å². The molecule has 0 aromatic heterocycles. The van der Waals surface area contributed by atoms with Crippen molar-refractivity contribution >= 4 is 37.8 Å². The van der Waals surface area contributed by atoms with Crippen molar-refractivity contribution in [1.29, 1.82) is 0 Å². The Morgan fingerprint density at radius 2 is 1.87 bits per heavy atom. The number of hydrogen-bond acceptors (Lipinski definition) is 2. The third kappa shape index (κ3) is 4.32. The van der Waals surface area contributed by atoms with Crippen LogP contribution in [0.1, 0.15) is 24.5 Å². The van der Waals surface area contributed by atoms with E-state index in [0.29, 0.717) is 11.3 Å². The first-order chi connectivity index (χ1) is 11.0. The van der Waals surface area contributed by atoms with Gasteiger partial charge in [0.2, 0.25) is 6.10 Å². The van der Waals surface area contributed by atoms with E-state index in [9.17, 15) is 9.18 Å². The van der Waals surface area contributed by atoms with Crippen molar-refractivity contribution in [2.24, 2.45) is 0 Å². The zero-order valence-corrected chi connectivity index (χ0v) is 15.2. The molecule has 0 heterocycles. The van der Waals surface area contributed by atoms with Crippen LogP contribution in [0.2, 0.25) is 0 Å². The van der Waals surface area contributed by atoms with Gasteiger partial charge in [-0.05, 0) is 59.1 Å². The van der Waals surface area contributed by atoms with Crippen LogP contribution in [0.5, 0.6) is 5.75 Å². The van der Waals surface area contributed by atoms with Crippen LogP contribution in [-0.2, 0) is 4.79 Å². The Morgan fingerprint density at radius 3 is 2.48 bits per heavy atom. The minimum absolute atomic E-state index is 0.214. The van der Waals surface area contributed by atoms with Crippen molar-refractivity contribution in [3.63, 3.8) is 0 Å². The standard InChI is InChI=1S/C17H14Br2FNO2/c18-11-3-8-15(14(19)9-11)23-16(17(22)21-13-6-7-13)10-1-4-12(20)5-2-10/h1-5,8-9,13,16H,6-7H2,(H,21,22)/t16-/m1/s1. The second-order valence-electron chi connectivity index (χ2n) is 5.41. The number of carbonyl (C=O) groups excluding carboxylic acids is 1. The zero-order chi connectivity index (χ0) is 16.4. The van der Waals surface area contributed by atoms with Gasteiger partial charge in [-0.25, -0.2) is 4.39 Å². The van der Waals surface area contributed by atoms with E-state index in [1.54, 1.807) is 18.2 Å². The molecule has 0 radical (unpaired) electrons. The Labute approximate surface area is 150 Å². The van der Waals surface area contributed by atoms with Crippen LogP contribution in [0.4, 0.5) is 4.39 Å². The molecule has 0 bridgehead atoms. The number of ether oxygens (including phenoxy) is 1. The Bertz CT molecular complexity index is 717. The summed E-state index contributed by atoms with van der Waals surface area (Å²) in [6.07, 6.45) is 1.15. The second kappa shape index (κ2) is 7.01. The molecule has 3 rings (SSSR count). The molecule has 1 aliphatic rings. The maximum atomic E-state index is 13.2. The van der Waals surface area contributed by atoms with Gasteiger partial charge < -0.3 is 10.1 Å². The minimum atomic E-state index is -0.825. The number of benzene rings is 2. The highest BCUT2D eigenvalue weighted by Gasteiger charge is 2.30. The molecule has 1 fully saturated rings. The van der Waals surface area contributed by atoms with Crippen LogP contribution in [-0.4, -0.2) is 11.9 Å². The average molecular weight is 443 g/mol. The third-order valence-electron chi connectivity index (χ3n) is 3.47. The van der Waals surface area contributed by atoms with Crippen LogP contribution in [0.15, 0.2) is 51.4 Å². The number of carbonyl (C=O) groups is 1. The van der Waals surface area contributed by atoms with Gasteiger partial charge in [0, 0.05) is 16.1 Å². The molecule has 0 unspecified atom stereocenters. The van der Waals surface area contributed by atoms with Crippen LogP contribution in [0, 0.1) is 5.82 Å². The van der Waals surface area contributed by atoms with E-state index in [2.05, 4.69) is 37.2 Å². The lowest BCUT2D eigenvalue weighted by Gasteiger charge is -2.20. The molecule has 0 saturated heterocycles. The average Bonchev–Trinajstić information content (AvgIpc) is 3.31. The fourth-order valence-corrected chi connectivity index (χ4v) is 3.25. The summed E-state index contributed by atoms with van der Waals surface area (Å²) in [5.74, 6) is -0.0117. The van der Waals surface area contributed by atoms with Gasteiger partial charge >= 0.3 is 0 Å². The molecule has 2 aromatic carbocycles. The van der Waals surface area contributed by atoms with Crippen molar-refractivity contribution in [3.8, 4) is 5.75 Å². The Balaban J connectivity index is 1.87. The maximum absolute atomic E-state index is 13.2. The number of amides is 1. The van der Waals surface area contributed by atoms with E-state index >= 15 is 0 Å². The van der Waals surface area contributed by atoms with Crippen molar-refractivity contribution < 1.29 is 13.9 Å². The van der Waals surface area contributed by atoms with Gasteiger partial charge in [0.1, 0.15) is 11.6 Å². The summed E-state index contributed by atoms with van der Waals surface area (Å²) in [6, 6.07) is 11.5. The number of hydrogen-bond donors (Lipinski definition) is 1. The lowest BCUT2D eigenvalue weighted by atomic mass is 10.1. The predicted octanol–water partition coefficient (Wildman–Crippen LogP) is 4.75. The van der Waals surface area contributed by atoms with Gasteiger partial charge in [-0.15, -0.1) is 0 Å². The largest absolute Gasteiger partial charge is 0.475 e. The van der Waals surface area contributed by atoms with Crippen molar-refractivity contribution in [3.05, 3.63) is 62.8 Å². The molecule has 6 heteroatoms. The normalized spacial score (nSPS) is 15.1. The zero-order valence-electron chi connectivity index (χ0n) is 12.1. The van der Waals surface area contributed by atoms with E-state index in [4.69, 9.17) is 4.74 Å². The molecule has 0 spiro atoms. The Hall–Kier alpha value is -1.40. The van der Waals surface area contributed by atoms with Crippen LogP contribution >= 0.6 is 31.9 Å². The first kappa shape index (κ1) is 16.5. The highest BCUT2D eigenvalue weighted by atomic mass is 79.9. The molecule has 3 nitrogen and oxygen atoms in total. The first-order valence-electron chi connectivity index (χ1n) is 7.20. The van der Waals surface area contributed by atoms with E-state index in [1.165, 1.54) is 12.1 Å². The van der Waals surface area contributed by atoms with Gasteiger partial charge in [0.15, 0.2) is 0 Å². The topological polar surface area (TPSA) is 38.3 Å². The molecule has 0 aliphatic heterocycles. The fraction of sp³-hybridized carbons (Fsp3) is 0.235. The highest BCUT2D eigenvalue weighted by molar-refractivity contribution is 9.11. The van der Waals surface area contributed by atoms with Crippen molar-refractivity contribution in [2.45, 2.75) is 25.0 Å². The van der Waals surface area contributed by atoms with Gasteiger partial charge in [-0.2, -0.15) is 0 Å². The lowest BCUT2D eigenvalue weighted by molar-refractivity contribution is -0.128. The van der Waals surface area contributed by atoms with Gasteiger partial charge in [-0.1, -0.05) is 28.1 Å².